The maximum atomic E-state index is 11.8. The predicted octanol–water partition coefficient (Wildman–Crippen LogP) is 4.88. The van der Waals surface area contributed by atoms with Crippen molar-refractivity contribution in [3.8, 4) is 5.75 Å². The van der Waals surface area contributed by atoms with Crippen molar-refractivity contribution in [3.05, 3.63) is 56.4 Å². The molecule has 2 rings (SSSR count). The van der Waals surface area contributed by atoms with E-state index in [2.05, 4.69) is 37.2 Å². The fourth-order valence-electron chi connectivity index (χ4n) is 1.46. The zero-order valence-corrected chi connectivity index (χ0v) is 14.1. The third-order valence-electron chi connectivity index (χ3n) is 2.38. The lowest BCUT2D eigenvalue weighted by Gasteiger charge is -2.09. The molecule has 0 aliphatic rings. The summed E-state index contributed by atoms with van der Waals surface area (Å²) in [5.74, 6) is 0.218. The molecule has 0 saturated heterocycles. The van der Waals surface area contributed by atoms with E-state index in [0.29, 0.717) is 16.5 Å². The van der Waals surface area contributed by atoms with Crippen molar-refractivity contribution >= 4 is 55.1 Å². The monoisotopic (exact) mass is 417 g/mol. The molecule has 0 bridgehead atoms. The molecule has 2 aromatic rings. The van der Waals surface area contributed by atoms with Gasteiger partial charge in [0.1, 0.15) is 5.75 Å². The number of hydrogen-bond donors (Lipinski definition) is 1. The van der Waals surface area contributed by atoms with Gasteiger partial charge in [-0.25, -0.2) is 0 Å². The highest BCUT2D eigenvalue weighted by Crippen LogP contribution is 2.27. The summed E-state index contributed by atoms with van der Waals surface area (Å²) in [5.41, 5.74) is 0.710. The number of benzene rings is 2. The lowest BCUT2D eigenvalue weighted by molar-refractivity contribution is -0.118. The van der Waals surface area contributed by atoms with Crippen LogP contribution in [0, 0.1) is 0 Å². The average molecular weight is 420 g/mol. The van der Waals surface area contributed by atoms with Crippen LogP contribution in [0.2, 0.25) is 5.02 Å². The zero-order valence-electron chi connectivity index (χ0n) is 10.2. The summed E-state index contributed by atoms with van der Waals surface area (Å²) < 4.78 is 7.18. The molecule has 0 aliphatic heterocycles. The van der Waals surface area contributed by atoms with Gasteiger partial charge in [0.2, 0.25) is 0 Å². The molecule has 0 unspecified atom stereocenters. The van der Waals surface area contributed by atoms with E-state index in [1.807, 2.05) is 12.1 Å². The third kappa shape index (κ3) is 4.51. The molecule has 104 valence electrons. The van der Waals surface area contributed by atoms with Gasteiger partial charge in [0.15, 0.2) is 6.61 Å². The van der Waals surface area contributed by atoms with Gasteiger partial charge in [-0.3, -0.25) is 4.79 Å². The minimum absolute atomic E-state index is 0.105. The lowest BCUT2D eigenvalue weighted by Crippen LogP contribution is -2.20. The predicted molar refractivity (Wildman–Crippen MR) is 87.4 cm³/mol. The largest absolute Gasteiger partial charge is 0.482 e. The van der Waals surface area contributed by atoms with E-state index in [0.717, 1.165) is 8.95 Å². The fourth-order valence-corrected chi connectivity index (χ4v) is 2.24. The first-order valence-electron chi connectivity index (χ1n) is 5.68. The summed E-state index contributed by atoms with van der Waals surface area (Å²) in [7, 11) is 0. The first-order chi connectivity index (χ1) is 9.54. The number of hydrogen-bond acceptors (Lipinski definition) is 2. The van der Waals surface area contributed by atoms with E-state index in [9.17, 15) is 4.79 Å². The van der Waals surface area contributed by atoms with Crippen LogP contribution in [-0.2, 0) is 4.79 Å². The number of halogens is 3. The molecule has 0 radical (unpaired) electrons. The van der Waals surface area contributed by atoms with Crippen LogP contribution in [0.4, 0.5) is 5.69 Å². The van der Waals surface area contributed by atoms with Gasteiger partial charge in [0.25, 0.3) is 5.91 Å². The zero-order chi connectivity index (χ0) is 14.5. The highest BCUT2D eigenvalue weighted by molar-refractivity contribution is 9.10. The summed E-state index contributed by atoms with van der Waals surface area (Å²) in [6.45, 7) is -0.105. The van der Waals surface area contributed by atoms with Gasteiger partial charge in [-0.2, -0.15) is 0 Å². The molecule has 3 nitrogen and oxygen atoms in total. The maximum absolute atomic E-state index is 11.8. The van der Waals surface area contributed by atoms with Crippen LogP contribution in [0.5, 0.6) is 5.75 Å². The van der Waals surface area contributed by atoms with Crippen LogP contribution >= 0.6 is 43.5 Å². The van der Waals surface area contributed by atoms with Crippen LogP contribution in [0.15, 0.2) is 51.4 Å². The van der Waals surface area contributed by atoms with Crippen molar-refractivity contribution < 1.29 is 9.53 Å². The van der Waals surface area contributed by atoms with Crippen LogP contribution in [-0.4, -0.2) is 12.5 Å². The quantitative estimate of drug-likeness (QED) is 0.767. The van der Waals surface area contributed by atoms with Crippen LogP contribution in [0.25, 0.3) is 0 Å². The minimum Gasteiger partial charge on any atom is -0.482 e. The van der Waals surface area contributed by atoms with Crippen molar-refractivity contribution in [1.82, 2.24) is 0 Å². The van der Waals surface area contributed by atoms with Gasteiger partial charge in [-0.05, 0) is 42.5 Å². The van der Waals surface area contributed by atoms with E-state index in [1.165, 1.54) is 0 Å². The van der Waals surface area contributed by atoms with Crippen LogP contribution < -0.4 is 10.1 Å². The van der Waals surface area contributed by atoms with Gasteiger partial charge in [-0.1, -0.05) is 43.5 Å². The van der Waals surface area contributed by atoms with E-state index in [4.69, 9.17) is 16.3 Å². The van der Waals surface area contributed by atoms with E-state index in [-0.39, 0.29) is 12.5 Å². The Hall–Kier alpha value is -1.04. The van der Waals surface area contributed by atoms with Crippen molar-refractivity contribution in [2.45, 2.75) is 0 Å². The molecule has 2 aromatic carbocycles. The molecular formula is C14H10Br2ClNO2. The molecular weight excluding hydrogens is 409 g/mol. The Labute approximate surface area is 138 Å². The molecule has 0 aliphatic carbocycles. The fraction of sp³-hybridized carbons (Fsp3) is 0.0714. The molecule has 20 heavy (non-hydrogen) atoms. The van der Waals surface area contributed by atoms with Crippen LogP contribution in [0.1, 0.15) is 0 Å². The summed E-state index contributed by atoms with van der Waals surface area (Å²) in [6, 6.07) is 12.5. The Morgan fingerprint density at radius 1 is 1.10 bits per heavy atom. The molecule has 1 amide bonds. The minimum atomic E-state index is -0.247. The Bertz CT molecular complexity index is 617. The van der Waals surface area contributed by atoms with Crippen molar-refractivity contribution in [1.29, 1.82) is 0 Å². The Morgan fingerprint density at radius 2 is 1.75 bits per heavy atom. The highest BCUT2D eigenvalue weighted by atomic mass is 79.9. The van der Waals surface area contributed by atoms with Gasteiger partial charge in [-0.15, -0.1) is 0 Å². The van der Waals surface area contributed by atoms with Crippen molar-refractivity contribution in [2.24, 2.45) is 0 Å². The molecule has 0 saturated carbocycles. The van der Waals surface area contributed by atoms with Crippen LogP contribution in [0.3, 0.4) is 0 Å². The summed E-state index contributed by atoms with van der Waals surface area (Å²) in [4.78, 5) is 11.8. The second-order valence-corrected chi connectivity index (χ2v) is 6.16. The number of nitrogens with one attached hydrogen (secondary N) is 1. The van der Waals surface area contributed by atoms with Gasteiger partial charge < -0.3 is 10.1 Å². The smallest absolute Gasteiger partial charge is 0.262 e. The Balaban J connectivity index is 1.92. The van der Waals surface area contributed by atoms with Gasteiger partial charge in [0, 0.05) is 14.6 Å². The summed E-state index contributed by atoms with van der Waals surface area (Å²) in [6.07, 6.45) is 0. The lowest BCUT2D eigenvalue weighted by atomic mass is 10.3. The van der Waals surface area contributed by atoms with E-state index in [1.54, 1.807) is 30.3 Å². The molecule has 0 fully saturated rings. The highest BCUT2D eigenvalue weighted by Gasteiger charge is 2.07. The third-order valence-corrected chi connectivity index (χ3v) is 3.71. The number of carbonyl (C=O) groups is 1. The number of ether oxygens (including phenoxy) is 1. The molecule has 1 N–H and O–H groups in total. The summed E-state index contributed by atoms with van der Waals surface area (Å²) >= 11 is 12.6. The number of amides is 1. The molecule has 0 atom stereocenters. The Morgan fingerprint density at radius 3 is 2.45 bits per heavy atom. The van der Waals surface area contributed by atoms with Crippen molar-refractivity contribution in [2.75, 3.05) is 11.9 Å². The maximum Gasteiger partial charge on any atom is 0.262 e. The topological polar surface area (TPSA) is 38.3 Å². The van der Waals surface area contributed by atoms with E-state index >= 15 is 0 Å². The second-order valence-electron chi connectivity index (χ2n) is 3.92. The summed E-state index contributed by atoms with van der Waals surface area (Å²) in [5, 5.41) is 3.20. The first-order valence-corrected chi connectivity index (χ1v) is 7.64. The normalized spacial score (nSPS) is 10.2. The van der Waals surface area contributed by atoms with Gasteiger partial charge >= 0.3 is 0 Å². The number of rotatable bonds is 4. The molecule has 0 spiro atoms. The SMILES string of the molecule is O=C(COc1cc(Br)ccc1Cl)Nc1ccc(Br)cc1. The molecule has 0 aromatic heterocycles. The molecule has 6 heteroatoms. The van der Waals surface area contributed by atoms with Gasteiger partial charge in [0.05, 0.1) is 5.02 Å². The number of carbonyl (C=O) groups excluding carboxylic acids is 1. The number of anilines is 1. The Kier molecular flexibility index (Phi) is 5.46. The van der Waals surface area contributed by atoms with Crippen molar-refractivity contribution in [3.63, 3.8) is 0 Å². The second kappa shape index (κ2) is 7.11. The van der Waals surface area contributed by atoms with E-state index < -0.39 is 0 Å². The average Bonchev–Trinajstić information content (AvgIpc) is 2.42. The first kappa shape index (κ1) is 15.4. The molecule has 0 heterocycles. The standard InChI is InChI=1S/C14H10Br2ClNO2/c15-9-1-4-11(5-2-9)18-14(19)8-20-13-7-10(16)3-6-12(13)17/h1-7H,8H2,(H,18,19).